The van der Waals surface area contributed by atoms with Crippen LogP contribution in [0.25, 0.3) is 0 Å². The van der Waals surface area contributed by atoms with Crippen LogP contribution in [0.1, 0.15) is 213 Å². The molecule has 324 valence electrons. The molecule has 8 atom stereocenters. The van der Waals surface area contributed by atoms with Crippen LogP contribution in [0.5, 0.6) is 17.2 Å². The third-order valence-corrected chi connectivity index (χ3v) is 15.5. The molecule has 0 saturated heterocycles. The number of carbonyl (C=O) groups is 1. The van der Waals surface area contributed by atoms with Gasteiger partial charge in [0.2, 0.25) is 5.75 Å². The van der Waals surface area contributed by atoms with Crippen molar-refractivity contribution in [2.45, 2.75) is 209 Å². The second-order valence-corrected chi connectivity index (χ2v) is 20.1. The summed E-state index contributed by atoms with van der Waals surface area (Å²) in [6.07, 6.45) is 29.9. The Hall–Kier alpha value is -2.17. The number of allylic oxidation sites excluding steroid dienone is 1. The SMILES string of the molecule is CCCCCCOc1cc(C(=O)OC2CC[C@@]3(C)C(=CC[C@H]4[C@@H]5CC[C@H]([C@H](C)CCCC(C)C)[C@@]5(C)CC[C@@H]43)C2)cc(OCCCCCC)c1OCCCCCC. The Morgan fingerprint density at radius 1 is 0.702 bits per heavy atom. The van der Waals surface area contributed by atoms with E-state index in [1.165, 1.54) is 89.9 Å². The summed E-state index contributed by atoms with van der Waals surface area (Å²) >= 11 is 0. The highest BCUT2D eigenvalue weighted by atomic mass is 16.6. The van der Waals surface area contributed by atoms with Crippen molar-refractivity contribution < 1.29 is 23.7 Å². The highest BCUT2D eigenvalue weighted by molar-refractivity contribution is 5.91. The van der Waals surface area contributed by atoms with E-state index in [2.05, 4.69) is 61.5 Å². The molecule has 5 nitrogen and oxygen atoms in total. The van der Waals surface area contributed by atoms with Gasteiger partial charge >= 0.3 is 5.97 Å². The van der Waals surface area contributed by atoms with E-state index in [1.807, 2.05) is 12.1 Å². The molecule has 0 spiro atoms. The number of unbranched alkanes of at least 4 members (excludes halogenated alkanes) is 9. The summed E-state index contributed by atoms with van der Waals surface area (Å²) in [5.41, 5.74) is 2.79. The second kappa shape index (κ2) is 22.4. The molecule has 0 aliphatic heterocycles. The molecule has 0 bridgehead atoms. The van der Waals surface area contributed by atoms with Crippen molar-refractivity contribution in [2.75, 3.05) is 19.8 Å². The fourth-order valence-electron chi connectivity index (χ4n) is 12.1. The highest BCUT2D eigenvalue weighted by Crippen LogP contribution is 2.67. The maximum absolute atomic E-state index is 14.1. The minimum Gasteiger partial charge on any atom is -0.490 e. The Labute approximate surface area is 350 Å². The Bertz CT molecular complexity index is 1360. The molecule has 4 aliphatic carbocycles. The van der Waals surface area contributed by atoms with Crippen LogP contribution in [-0.4, -0.2) is 31.9 Å². The van der Waals surface area contributed by atoms with E-state index in [0.29, 0.717) is 48.0 Å². The minimum absolute atomic E-state index is 0.101. The van der Waals surface area contributed by atoms with E-state index in [0.717, 1.165) is 93.3 Å². The van der Waals surface area contributed by atoms with E-state index in [-0.39, 0.29) is 17.5 Å². The number of rotatable bonds is 25. The van der Waals surface area contributed by atoms with Gasteiger partial charge in [-0.15, -0.1) is 0 Å². The topological polar surface area (TPSA) is 54.0 Å². The normalized spacial score (nSPS) is 28.6. The number of ether oxygens (including phenoxy) is 4. The molecule has 5 rings (SSSR count). The summed E-state index contributed by atoms with van der Waals surface area (Å²) < 4.78 is 25.7. The molecular formula is C52H86O5. The molecule has 0 heterocycles. The Morgan fingerprint density at radius 3 is 1.91 bits per heavy atom. The van der Waals surface area contributed by atoms with Gasteiger partial charge in [0.1, 0.15) is 6.10 Å². The van der Waals surface area contributed by atoms with Crippen LogP contribution in [0.2, 0.25) is 0 Å². The molecule has 4 aliphatic rings. The highest BCUT2D eigenvalue weighted by Gasteiger charge is 2.59. The van der Waals surface area contributed by atoms with E-state index in [9.17, 15) is 4.79 Å². The predicted octanol–water partition coefficient (Wildman–Crippen LogP) is 15.1. The van der Waals surface area contributed by atoms with Crippen LogP contribution < -0.4 is 14.2 Å². The van der Waals surface area contributed by atoms with Crippen LogP contribution in [-0.2, 0) is 4.74 Å². The van der Waals surface area contributed by atoms with E-state index < -0.39 is 0 Å². The van der Waals surface area contributed by atoms with Crippen molar-refractivity contribution in [2.24, 2.45) is 46.3 Å². The summed E-state index contributed by atoms with van der Waals surface area (Å²) in [5.74, 6) is 6.54. The van der Waals surface area contributed by atoms with Crippen LogP contribution in [0.15, 0.2) is 23.8 Å². The van der Waals surface area contributed by atoms with E-state index >= 15 is 0 Å². The molecule has 0 aromatic heterocycles. The summed E-state index contributed by atoms with van der Waals surface area (Å²) in [6, 6.07) is 3.73. The largest absolute Gasteiger partial charge is 0.490 e. The van der Waals surface area contributed by atoms with Crippen molar-refractivity contribution in [1.29, 1.82) is 0 Å². The quantitative estimate of drug-likeness (QED) is 0.0561. The first-order valence-corrected chi connectivity index (χ1v) is 24.5. The van der Waals surface area contributed by atoms with Crippen molar-refractivity contribution >= 4 is 5.97 Å². The number of hydrogen-bond acceptors (Lipinski definition) is 5. The first kappa shape index (κ1) is 45.9. The van der Waals surface area contributed by atoms with Gasteiger partial charge in [-0.1, -0.05) is 144 Å². The third kappa shape index (κ3) is 11.8. The lowest BCUT2D eigenvalue weighted by molar-refractivity contribution is -0.0594. The van der Waals surface area contributed by atoms with E-state index in [4.69, 9.17) is 18.9 Å². The Balaban J connectivity index is 1.27. The number of esters is 1. The molecule has 1 aromatic carbocycles. The number of fused-ring (bicyclic) bond motifs is 5. The lowest BCUT2D eigenvalue weighted by Gasteiger charge is -2.58. The first-order chi connectivity index (χ1) is 27.5. The fourth-order valence-corrected chi connectivity index (χ4v) is 12.1. The van der Waals surface area contributed by atoms with Gasteiger partial charge in [0.15, 0.2) is 11.5 Å². The summed E-state index contributed by atoms with van der Waals surface area (Å²) in [5, 5.41) is 0. The standard InChI is InChI=1S/C52H86O5/c1-9-12-15-18-32-54-47-35-40(36-48(55-33-19-16-13-10-2)49(47)56-34-20-17-14-11-3)50(53)57-42-28-30-51(7)41(37-42)24-25-43-45-27-26-44(39(6)23-21-22-38(4)5)52(45,8)31-29-46(43)51/h24,35-36,38-39,42-46H,9-23,25-34,37H2,1-8H3/t39-,42?,43+,44-,45+,46+,51+,52-/m1/s1. The van der Waals surface area contributed by atoms with Crippen molar-refractivity contribution in [1.82, 2.24) is 0 Å². The van der Waals surface area contributed by atoms with Crippen molar-refractivity contribution in [3.05, 3.63) is 29.3 Å². The first-order valence-electron chi connectivity index (χ1n) is 24.5. The zero-order valence-electron chi connectivity index (χ0n) is 38.2. The predicted molar refractivity (Wildman–Crippen MR) is 238 cm³/mol. The fraction of sp³-hybridized carbons (Fsp3) is 0.827. The Morgan fingerprint density at radius 2 is 1.32 bits per heavy atom. The zero-order valence-corrected chi connectivity index (χ0v) is 38.2. The third-order valence-electron chi connectivity index (χ3n) is 15.5. The van der Waals surface area contributed by atoms with E-state index in [1.54, 1.807) is 5.57 Å². The minimum atomic E-state index is -0.271. The molecule has 3 fully saturated rings. The molecule has 3 saturated carbocycles. The molecule has 1 aromatic rings. The summed E-state index contributed by atoms with van der Waals surface area (Å²) in [6.45, 7) is 21.1. The molecule has 1 unspecified atom stereocenters. The van der Waals surface area contributed by atoms with Crippen molar-refractivity contribution in [3.8, 4) is 17.2 Å². The maximum Gasteiger partial charge on any atom is 0.338 e. The van der Waals surface area contributed by atoms with Crippen LogP contribution >= 0.6 is 0 Å². The average molecular weight is 791 g/mol. The number of benzene rings is 1. The number of carbonyl (C=O) groups excluding carboxylic acids is 1. The molecular weight excluding hydrogens is 705 g/mol. The van der Waals surface area contributed by atoms with Crippen LogP contribution in [0, 0.1) is 46.3 Å². The van der Waals surface area contributed by atoms with Gasteiger partial charge in [0.05, 0.1) is 25.4 Å². The molecule has 0 N–H and O–H groups in total. The van der Waals surface area contributed by atoms with Crippen LogP contribution in [0.4, 0.5) is 0 Å². The molecule has 57 heavy (non-hydrogen) atoms. The van der Waals surface area contributed by atoms with Gasteiger partial charge in [0, 0.05) is 6.42 Å². The lowest BCUT2D eigenvalue weighted by Crippen LogP contribution is -2.51. The summed E-state index contributed by atoms with van der Waals surface area (Å²) in [4.78, 5) is 14.1. The van der Waals surface area contributed by atoms with Gasteiger partial charge < -0.3 is 18.9 Å². The zero-order chi connectivity index (χ0) is 40.8. The van der Waals surface area contributed by atoms with Gasteiger partial charge in [-0.2, -0.15) is 0 Å². The molecule has 0 amide bonds. The smallest absolute Gasteiger partial charge is 0.338 e. The maximum atomic E-state index is 14.1. The Kier molecular flexibility index (Phi) is 18.1. The second-order valence-electron chi connectivity index (χ2n) is 20.1. The average Bonchev–Trinajstić information content (AvgIpc) is 3.55. The summed E-state index contributed by atoms with van der Waals surface area (Å²) in [7, 11) is 0. The van der Waals surface area contributed by atoms with Gasteiger partial charge in [-0.3, -0.25) is 0 Å². The number of hydrogen-bond donors (Lipinski definition) is 0. The lowest BCUT2D eigenvalue weighted by atomic mass is 9.47. The monoisotopic (exact) mass is 791 g/mol. The molecule has 0 radical (unpaired) electrons. The van der Waals surface area contributed by atoms with Crippen LogP contribution in [0.3, 0.4) is 0 Å². The van der Waals surface area contributed by atoms with Gasteiger partial charge in [-0.05, 0) is 123 Å². The van der Waals surface area contributed by atoms with Gasteiger partial charge in [-0.25, -0.2) is 4.79 Å². The molecule has 5 heteroatoms. The van der Waals surface area contributed by atoms with Crippen molar-refractivity contribution in [3.63, 3.8) is 0 Å². The van der Waals surface area contributed by atoms with Gasteiger partial charge in [0.25, 0.3) is 0 Å².